The maximum atomic E-state index is 12.4. The Balaban J connectivity index is 1.88. The zero-order valence-corrected chi connectivity index (χ0v) is 13.6. The van der Waals surface area contributed by atoms with E-state index in [1.54, 1.807) is 0 Å². The van der Waals surface area contributed by atoms with Gasteiger partial charge in [0.2, 0.25) is 11.8 Å². The number of hydrogen-bond donors (Lipinski definition) is 0. The Labute approximate surface area is 127 Å². The van der Waals surface area contributed by atoms with Gasteiger partial charge >= 0.3 is 0 Å². The van der Waals surface area contributed by atoms with Crippen molar-refractivity contribution in [2.45, 2.75) is 40.5 Å². The van der Waals surface area contributed by atoms with Crippen molar-refractivity contribution in [1.29, 1.82) is 0 Å². The number of pyridine rings is 1. The lowest BCUT2D eigenvalue weighted by molar-refractivity contribution is -0.141. The summed E-state index contributed by atoms with van der Waals surface area (Å²) in [5, 5.41) is 0. The predicted octanol–water partition coefficient (Wildman–Crippen LogP) is 3.05. The number of piperidine rings is 1. The van der Waals surface area contributed by atoms with E-state index in [-0.39, 0.29) is 11.3 Å². The number of nitrogens with zero attached hydrogens (tertiary/aromatic N) is 2. The van der Waals surface area contributed by atoms with Gasteiger partial charge in [-0.15, -0.1) is 0 Å². The molecule has 0 N–H and O–H groups in total. The zero-order chi connectivity index (χ0) is 15.5. The number of likely N-dealkylation sites (tertiary alicyclic amines) is 1. The van der Waals surface area contributed by atoms with Gasteiger partial charge in [-0.25, -0.2) is 4.98 Å². The number of rotatable bonds is 3. The van der Waals surface area contributed by atoms with E-state index in [1.165, 1.54) is 0 Å². The van der Waals surface area contributed by atoms with Crippen LogP contribution in [0.15, 0.2) is 18.2 Å². The van der Waals surface area contributed by atoms with Crippen LogP contribution in [-0.4, -0.2) is 35.5 Å². The molecule has 1 atom stereocenters. The lowest BCUT2D eigenvalue weighted by atomic mass is 9.91. The minimum atomic E-state index is -0.305. The molecule has 0 saturated carbocycles. The second-order valence-electron chi connectivity index (χ2n) is 6.94. The highest BCUT2D eigenvalue weighted by Crippen LogP contribution is 2.24. The molecule has 4 nitrogen and oxygen atoms in total. The summed E-state index contributed by atoms with van der Waals surface area (Å²) >= 11 is 0. The summed E-state index contributed by atoms with van der Waals surface area (Å²) in [6.45, 7) is 10.2. The van der Waals surface area contributed by atoms with Crippen LogP contribution >= 0.6 is 0 Å². The highest BCUT2D eigenvalue weighted by atomic mass is 16.5. The summed E-state index contributed by atoms with van der Waals surface area (Å²) in [4.78, 5) is 18.7. The normalized spacial score (nSPS) is 19.4. The first kappa shape index (κ1) is 15.8. The fraction of sp³-hybridized carbons (Fsp3) is 0.647. The van der Waals surface area contributed by atoms with Gasteiger partial charge in [-0.1, -0.05) is 26.8 Å². The van der Waals surface area contributed by atoms with Crippen molar-refractivity contribution in [3.8, 4) is 5.88 Å². The summed E-state index contributed by atoms with van der Waals surface area (Å²) in [7, 11) is 0. The second kappa shape index (κ2) is 6.46. The number of aromatic nitrogens is 1. The Morgan fingerprint density at radius 1 is 1.43 bits per heavy atom. The molecule has 1 amide bonds. The lowest BCUT2D eigenvalue weighted by Crippen LogP contribution is -2.46. The SMILES string of the molecule is Cc1cccc(OCC2CCCN(C(=O)C(C)(C)C)C2)n1. The Bertz CT molecular complexity index is 494. The third-order valence-corrected chi connectivity index (χ3v) is 3.78. The van der Waals surface area contributed by atoms with E-state index < -0.39 is 0 Å². The molecular weight excluding hydrogens is 264 g/mol. The van der Waals surface area contributed by atoms with Crippen LogP contribution < -0.4 is 4.74 Å². The van der Waals surface area contributed by atoms with Crippen LogP contribution in [0.1, 0.15) is 39.3 Å². The number of carbonyl (C=O) groups excluding carboxylic acids is 1. The highest BCUT2D eigenvalue weighted by molar-refractivity contribution is 5.81. The van der Waals surface area contributed by atoms with Crippen molar-refractivity contribution in [1.82, 2.24) is 9.88 Å². The van der Waals surface area contributed by atoms with E-state index in [1.807, 2.05) is 50.8 Å². The van der Waals surface area contributed by atoms with Crippen LogP contribution in [-0.2, 0) is 4.79 Å². The Hall–Kier alpha value is -1.58. The summed E-state index contributed by atoms with van der Waals surface area (Å²) in [6, 6.07) is 5.79. The number of hydrogen-bond acceptors (Lipinski definition) is 3. The third kappa shape index (κ3) is 4.45. The molecule has 1 unspecified atom stereocenters. The summed E-state index contributed by atoms with van der Waals surface area (Å²) in [5.74, 6) is 1.31. The molecule has 1 fully saturated rings. The molecular formula is C17H26N2O2. The van der Waals surface area contributed by atoms with Gasteiger partial charge in [0.15, 0.2) is 0 Å². The van der Waals surface area contributed by atoms with Gasteiger partial charge in [0.25, 0.3) is 0 Å². The monoisotopic (exact) mass is 290 g/mol. The largest absolute Gasteiger partial charge is 0.477 e. The third-order valence-electron chi connectivity index (χ3n) is 3.78. The van der Waals surface area contributed by atoms with E-state index in [9.17, 15) is 4.79 Å². The predicted molar refractivity (Wildman–Crippen MR) is 83.2 cm³/mol. The smallest absolute Gasteiger partial charge is 0.227 e. The Morgan fingerprint density at radius 2 is 2.19 bits per heavy atom. The minimum absolute atomic E-state index is 0.237. The molecule has 0 aliphatic carbocycles. The Morgan fingerprint density at radius 3 is 2.86 bits per heavy atom. The summed E-state index contributed by atoms with van der Waals surface area (Å²) < 4.78 is 5.79. The van der Waals surface area contributed by atoms with Crippen molar-refractivity contribution < 1.29 is 9.53 Å². The molecule has 116 valence electrons. The van der Waals surface area contributed by atoms with Crippen LogP contribution in [0.4, 0.5) is 0 Å². The summed E-state index contributed by atoms with van der Waals surface area (Å²) in [6.07, 6.45) is 2.16. The fourth-order valence-corrected chi connectivity index (χ4v) is 2.66. The highest BCUT2D eigenvalue weighted by Gasteiger charge is 2.31. The van der Waals surface area contributed by atoms with Crippen molar-refractivity contribution in [2.75, 3.05) is 19.7 Å². The number of aryl methyl sites for hydroxylation is 1. The topological polar surface area (TPSA) is 42.4 Å². The van der Waals surface area contributed by atoms with Gasteiger partial charge in [-0.2, -0.15) is 0 Å². The molecule has 1 saturated heterocycles. The van der Waals surface area contributed by atoms with Crippen molar-refractivity contribution in [3.63, 3.8) is 0 Å². The number of carbonyl (C=O) groups is 1. The molecule has 21 heavy (non-hydrogen) atoms. The van der Waals surface area contributed by atoms with Crippen molar-refractivity contribution >= 4 is 5.91 Å². The quantitative estimate of drug-likeness (QED) is 0.859. The first-order valence-corrected chi connectivity index (χ1v) is 7.72. The average molecular weight is 290 g/mol. The van der Waals surface area contributed by atoms with E-state index in [0.29, 0.717) is 18.4 Å². The molecule has 4 heteroatoms. The van der Waals surface area contributed by atoms with Gasteiger partial charge in [-0.05, 0) is 25.8 Å². The van der Waals surface area contributed by atoms with Gasteiger partial charge in [0.1, 0.15) is 0 Å². The number of ether oxygens (including phenoxy) is 1. The van der Waals surface area contributed by atoms with E-state index in [4.69, 9.17) is 4.74 Å². The van der Waals surface area contributed by atoms with Gasteiger partial charge in [0.05, 0.1) is 6.61 Å². The lowest BCUT2D eigenvalue weighted by Gasteiger charge is -2.36. The van der Waals surface area contributed by atoms with Crippen LogP contribution in [0.5, 0.6) is 5.88 Å². The molecule has 1 aliphatic rings. The number of amides is 1. The van der Waals surface area contributed by atoms with E-state index in [2.05, 4.69) is 4.98 Å². The van der Waals surface area contributed by atoms with Gasteiger partial charge in [-0.3, -0.25) is 4.79 Å². The van der Waals surface area contributed by atoms with Crippen LogP contribution in [0.2, 0.25) is 0 Å². The average Bonchev–Trinajstić information content (AvgIpc) is 2.44. The van der Waals surface area contributed by atoms with Gasteiger partial charge in [0, 0.05) is 36.2 Å². The second-order valence-corrected chi connectivity index (χ2v) is 6.94. The molecule has 0 spiro atoms. The Kier molecular flexibility index (Phi) is 4.86. The van der Waals surface area contributed by atoms with Crippen LogP contribution in [0, 0.1) is 18.3 Å². The maximum Gasteiger partial charge on any atom is 0.227 e. The fourth-order valence-electron chi connectivity index (χ4n) is 2.66. The van der Waals surface area contributed by atoms with Gasteiger partial charge < -0.3 is 9.64 Å². The standard InChI is InChI=1S/C17H26N2O2/c1-13-7-5-9-15(18-13)21-12-14-8-6-10-19(11-14)16(20)17(2,3)4/h5,7,9,14H,6,8,10-12H2,1-4H3. The van der Waals surface area contributed by atoms with E-state index >= 15 is 0 Å². The molecule has 0 bridgehead atoms. The summed E-state index contributed by atoms with van der Waals surface area (Å²) in [5.41, 5.74) is 0.654. The maximum absolute atomic E-state index is 12.4. The first-order valence-electron chi connectivity index (χ1n) is 7.72. The van der Waals surface area contributed by atoms with Crippen LogP contribution in [0.3, 0.4) is 0 Å². The molecule has 0 radical (unpaired) electrons. The molecule has 1 aromatic rings. The van der Waals surface area contributed by atoms with Crippen molar-refractivity contribution in [2.24, 2.45) is 11.3 Å². The zero-order valence-electron chi connectivity index (χ0n) is 13.6. The van der Waals surface area contributed by atoms with Crippen LogP contribution in [0.25, 0.3) is 0 Å². The molecule has 1 aliphatic heterocycles. The molecule has 2 heterocycles. The molecule has 0 aromatic carbocycles. The first-order chi connectivity index (χ1) is 9.86. The van der Waals surface area contributed by atoms with E-state index in [0.717, 1.165) is 31.6 Å². The minimum Gasteiger partial charge on any atom is -0.477 e. The molecule has 2 rings (SSSR count). The molecule has 1 aromatic heterocycles. The van der Waals surface area contributed by atoms with Crippen molar-refractivity contribution in [3.05, 3.63) is 23.9 Å².